The zero-order valence-corrected chi connectivity index (χ0v) is 11.2. The number of nitrogens with zero attached hydrogens (tertiary/aromatic N) is 3. The van der Waals surface area contributed by atoms with E-state index in [2.05, 4.69) is 15.3 Å². The Morgan fingerprint density at radius 1 is 1.21 bits per heavy atom. The molecule has 0 bridgehead atoms. The van der Waals surface area contributed by atoms with Gasteiger partial charge < -0.3 is 5.32 Å². The molecule has 1 aromatic carbocycles. The largest absolute Gasteiger partial charge is 0.324 e. The van der Waals surface area contributed by atoms with Crippen molar-refractivity contribution in [2.24, 2.45) is 0 Å². The summed E-state index contributed by atoms with van der Waals surface area (Å²) >= 11 is 11.4. The first-order valence-electron chi connectivity index (χ1n) is 5.17. The van der Waals surface area contributed by atoms with Gasteiger partial charge in [-0.05, 0) is 25.1 Å². The van der Waals surface area contributed by atoms with Gasteiger partial charge in [-0.1, -0.05) is 23.2 Å². The summed E-state index contributed by atoms with van der Waals surface area (Å²) in [5, 5.41) is 11.4. The van der Waals surface area contributed by atoms with Crippen LogP contribution in [0.15, 0.2) is 18.2 Å². The number of hydrogen-bond acceptors (Lipinski definition) is 4. The summed E-state index contributed by atoms with van der Waals surface area (Å²) in [6, 6.07) is 6.20. The predicted octanol–water partition coefficient (Wildman–Crippen LogP) is 3.85. The molecule has 0 aliphatic heterocycles. The summed E-state index contributed by atoms with van der Waals surface area (Å²) in [5.41, 5.74) is 1.30. The molecule has 0 atom stereocenters. The van der Waals surface area contributed by atoms with Gasteiger partial charge in [0.15, 0.2) is 5.82 Å². The minimum Gasteiger partial charge on any atom is -0.324 e. The number of aryl methyl sites for hydroxylation is 1. The number of benzene rings is 1. The number of aromatic nitrogens is 2. The number of hydrogen-bond donors (Lipinski definition) is 1. The van der Waals surface area contributed by atoms with Crippen molar-refractivity contribution in [3.05, 3.63) is 45.4 Å². The first kappa shape index (κ1) is 13.5. The third kappa shape index (κ3) is 3.11. The van der Waals surface area contributed by atoms with Crippen molar-refractivity contribution in [3.8, 4) is 6.07 Å². The van der Waals surface area contributed by atoms with E-state index in [9.17, 15) is 4.39 Å². The summed E-state index contributed by atoms with van der Waals surface area (Å²) in [5.74, 6) is -0.466. The van der Waals surface area contributed by atoms with Gasteiger partial charge in [0.2, 0.25) is 5.95 Å². The number of rotatable bonds is 2. The molecule has 1 aromatic heterocycles. The number of halogens is 3. The third-order valence-corrected chi connectivity index (χ3v) is 2.76. The van der Waals surface area contributed by atoms with E-state index in [4.69, 9.17) is 28.5 Å². The summed E-state index contributed by atoms with van der Waals surface area (Å²) in [4.78, 5) is 8.07. The van der Waals surface area contributed by atoms with Crippen LogP contribution in [0.2, 0.25) is 10.0 Å². The Morgan fingerprint density at radius 2 is 1.84 bits per heavy atom. The van der Waals surface area contributed by atoms with Gasteiger partial charge in [-0.25, -0.2) is 14.4 Å². The highest BCUT2D eigenvalue weighted by molar-refractivity contribution is 6.35. The van der Waals surface area contributed by atoms with E-state index in [-0.39, 0.29) is 21.7 Å². The van der Waals surface area contributed by atoms with E-state index >= 15 is 0 Å². The van der Waals surface area contributed by atoms with E-state index in [0.29, 0.717) is 11.4 Å². The molecule has 0 saturated heterocycles. The van der Waals surface area contributed by atoms with Gasteiger partial charge in [0, 0.05) is 11.4 Å². The second-order valence-electron chi connectivity index (χ2n) is 3.71. The molecule has 0 aliphatic rings. The van der Waals surface area contributed by atoms with Crippen molar-refractivity contribution in [3.63, 3.8) is 0 Å². The molecule has 0 fully saturated rings. The molecule has 1 heterocycles. The van der Waals surface area contributed by atoms with Crippen LogP contribution in [0.3, 0.4) is 0 Å². The maximum Gasteiger partial charge on any atom is 0.228 e. The maximum atomic E-state index is 13.3. The Balaban J connectivity index is 2.36. The number of anilines is 2. The molecule has 7 heteroatoms. The molecule has 19 heavy (non-hydrogen) atoms. The minimum absolute atomic E-state index is 0.108. The smallest absolute Gasteiger partial charge is 0.228 e. The molecule has 0 radical (unpaired) electrons. The van der Waals surface area contributed by atoms with Crippen molar-refractivity contribution in [2.75, 3.05) is 5.32 Å². The summed E-state index contributed by atoms with van der Waals surface area (Å²) in [6.45, 7) is 1.73. The third-order valence-electron chi connectivity index (χ3n) is 2.21. The fraction of sp³-hybridized carbons (Fsp3) is 0.0833. The first-order chi connectivity index (χ1) is 8.99. The van der Waals surface area contributed by atoms with E-state index in [0.717, 1.165) is 0 Å². The Labute approximate surface area is 118 Å². The van der Waals surface area contributed by atoms with Gasteiger partial charge in [-0.3, -0.25) is 0 Å². The molecule has 4 nitrogen and oxygen atoms in total. The lowest BCUT2D eigenvalue weighted by Crippen LogP contribution is -2.00. The molecular formula is C12H7Cl2FN4. The quantitative estimate of drug-likeness (QED) is 0.855. The van der Waals surface area contributed by atoms with Crippen LogP contribution in [0.1, 0.15) is 11.4 Å². The molecule has 2 aromatic rings. The van der Waals surface area contributed by atoms with E-state index < -0.39 is 5.82 Å². The normalized spacial score (nSPS) is 10.1. The van der Waals surface area contributed by atoms with Crippen LogP contribution in [0, 0.1) is 24.1 Å². The van der Waals surface area contributed by atoms with Crippen molar-refractivity contribution in [2.45, 2.75) is 6.92 Å². The van der Waals surface area contributed by atoms with Crippen LogP contribution in [0.4, 0.5) is 16.0 Å². The Morgan fingerprint density at radius 3 is 2.42 bits per heavy atom. The Hall–Kier alpha value is -1.90. The highest BCUT2D eigenvalue weighted by atomic mass is 35.5. The maximum absolute atomic E-state index is 13.3. The average Bonchev–Trinajstić information content (AvgIpc) is 2.35. The standard InChI is InChI=1S/C12H7Cl2FN4/c1-6-2-8(5-16)19-12(17-6)18-7-3-9(13)11(15)10(14)4-7/h2-4H,1H3,(H,17,18,19). The molecule has 0 amide bonds. The average molecular weight is 297 g/mol. The minimum atomic E-state index is -0.684. The highest BCUT2D eigenvalue weighted by Gasteiger charge is 2.09. The molecule has 2 rings (SSSR count). The van der Waals surface area contributed by atoms with Crippen LogP contribution in [0.25, 0.3) is 0 Å². The van der Waals surface area contributed by atoms with E-state index in [1.54, 1.807) is 13.0 Å². The van der Waals surface area contributed by atoms with Crippen molar-refractivity contribution < 1.29 is 4.39 Å². The van der Waals surface area contributed by atoms with Crippen molar-refractivity contribution >= 4 is 34.8 Å². The summed E-state index contributed by atoms with van der Waals surface area (Å²) < 4.78 is 13.3. The molecule has 0 unspecified atom stereocenters. The summed E-state index contributed by atoms with van der Waals surface area (Å²) in [6.07, 6.45) is 0. The van der Waals surface area contributed by atoms with E-state index in [1.165, 1.54) is 12.1 Å². The zero-order chi connectivity index (χ0) is 14.0. The van der Waals surface area contributed by atoms with Crippen molar-refractivity contribution in [1.29, 1.82) is 5.26 Å². The number of nitriles is 1. The van der Waals surface area contributed by atoms with Gasteiger partial charge in [-0.15, -0.1) is 0 Å². The van der Waals surface area contributed by atoms with Gasteiger partial charge in [0.1, 0.15) is 11.8 Å². The Kier molecular flexibility index (Phi) is 3.84. The SMILES string of the molecule is Cc1cc(C#N)nc(Nc2cc(Cl)c(F)c(Cl)c2)n1. The van der Waals surface area contributed by atoms with Gasteiger partial charge >= 0.3 is 0 Å². The molecule has 0 saturated carbocycles. The monoisotopic (exact) mass is 296 g/mol. The topological polar surface area (TPSA) is 61.6 Å². The Bertz CT molecular complexity index is 659. The lowest BCUT2D eigenvalue weighted by Gasteiger charge is -2.07. The predicted molar refractivity (Wildman–Crippen MR) is 71.2 cm³/mol. The van der Waals surface area contributed by atoms with Gasteiger partial charge in [0.25, 0.3) is 0 Å². The van der Waals surface area contributed by atoms with Crippen LogP contribution in [0.5, 0.6) is 0 Å². The lowest BCUT2D eigenvalue weighted by molar-refractivity contribution is 0.629. The molecule has 0 spiro atoms. The van der Waals surface area contributed by atoms with Crippen molar-refractivity contribution in [1.82, 2.24) is 9.97 Å². The molecule has 1 N–H and O–H groups in total. The zero-order valence-electron chi connectivity index (χ0n) is 9.71. The fourth-order valence-corrected chi connectivity index (χ4v) is 1.93. The van der Waals surface area contributed by atoms with Crippen LogP contribution < -0.4 is 5.32 Å². The second kappa shape index (κ2) is 5.39. The molecule has 0 aliphatic carbocycles. The summed E-state index contributed by atoms with van der Waals surface area (Å²) in [7, 11) is 0. The second-order valence-corrected chi connectivity index (χ2v) is 4.52. The van der Waals surface area contributed by atoms with Crippen LogP contribution in [-0.4, -0.2) is 9.97 Å². The van der Waals surface area contributed by atoms with E-state index in [1.807, 2.05) is 6.07 Å². The fourth-order valence-electron chi connectivity index (χ4n) is 1.44. The van der Waals surface area contributed by atoms with Gasteiger partial charge in [-0.2, -0.15) is 5.26 Å². The lowest BCUT2D eigenvalue weighted by atomic mass is 10.3. The van der Waals surface area contributed by atoms with Gasteiger partial charge in [0.05, 0.1) is 10.0 Å². The van der Waals surface area contributed by atoms with Crippen LogP contribution in [-0.2, 0) is 0 Å². The number of nitrogens with one attached hydrogen (secondary N) is 1. The highest BCUT2D eigenvalue weighted by Crippen LogP contribution is 2.28. The van der Waals surface area contributed by atoms with Crippen LogP contribution >= 0.6 is 23.2 Å². The molecular weight excluding hydrogens is 290 g/mol. The first-order valence-corrected chi connectivity index (χ1v) is 5.92. The molecule has 96 valence electrons.